The molecule has 1 aromatic rings. The SMILES string of the molecule is CCC(COC)NS(=O)(=O)c1ccc(F)c(CN)c1F. The third kappa shape index (κ3) is 3.72. The van der Waals surface area contributed by atoms with Crippen molar-refractivity contribution in [2.75, 3.05) is 13.7 Å². The lowest BCUT2D eigenvalue weighted by Crippen LogP contribution is -2.38. The molecule has 1 unspecified atom stereocenters. The van der Waals surface area contributed by atoms with E-state index < -0.39 is 44.7 Å². The van der Waals surface area contributed by atoms with E-state index in [4.69, 9.17) is 10.5 Å². The first-order valence-electron chi connectivity index (χ1n) is 6.05. The molecule has 1 atom stereocenters. The Balaban J connectivity index is 3.16. The van der Waals surface area contributed by atoms with Gasteiger partial charge in [-0.15, -0.1) is 0 Å². The Morgan fingerprint density at radius 3 is 2.55 bits per heavy atom. The molecule has 114 valence electrons. The molecule has 0 aromatic heterocycles. The minimum Gasteiger partial charge on any atom is -0.383 e. The van der Waals surface area contributed by atoms with E-state index in [1.165, 1.54) is 7.11 Å². The molecule has 0 radical (unpaired) electrons. The largest absolute Gasteiger partial charge is 0.383 e. The molecule has 1 rings (SSSR count). The fourth-order valence-electron chi connectivity index (χ4n) is 1.69. The zero-order valence-electron chi connectivity index (χ0n) is 11.3. The van der Waals surface area contributed by atoms with Crippen LogP contribution in [-0.2, 0) is 21.3 Å². The standard InChI is InChI=1S/C12H18F2N2O3S/c1-3-8(7-19-2)16-20(17,18)11-5-4-10(13)9(6-15)12(11)14/h4-5,8,16H,3,6-7,15H2,1-2H3. The zero-order valence-corrected chi connectivity index (χ0v) is 12.1. The predicted molar refractivity (Wildman–Crippen MR) is 70.5 cm³/mol. The number of ether oxygens (including phenoxy) is 1. The van der Waals surface area contributed by atoms with Gasteiger partial charge in [0.05, 0.1) is 6.61 Å². The molecule has 3 N–H and O–H groups in total. The topological polar surface area (TPSA) is 81.4 Å². The second-order valence-corrected chi connectivity index (χ2v) is 5.91. The Morgan fingerprint density at radius 2 is 2.05 bits per heavy atom. The molecule has 0 amide bonds. The normalized spacial score (nSPS) is 13.4. The van der Waals surface area contributed by atoms with Crippen LogP contribution in [0.1, 0.15) is 18.9 Å². The smallest absolute Gasteiger partial charge is 0.243 e. The van der Waals surface area contributed by atoms with Gasteiger partial charge in [-0.1, -0.05) is 6.92 Å². The number of nitrogens with two attached hydrogens (primary N) is 1. The third-order valence-corrected chi connectivity index (χ3v) is 4.36. The molecule has 0 spiro atoms. The van der Waals surface area contributed by atoms with Gasteiger partial charge in [-0.05, 0) is 18.6 Å². The Kier molecular flexibility index (Phi) is 6.00. The summed E-state index contributed by atoms with van der Waals surface area (Å²) in [6.07, 6.45) is 0.472. The second-order valence-electron chi connectivity index (χ2n) is 4.22. The first-order chi connectivity index (χ1) is 9.37. The molecule has 0 aliphatic heterocycles. The molecule has 20 heavy (non-hydrogen) atoms. The molecule has 8 heteroatoms. The van der Waals surface area contributed by atoms with Crippen LogP contribution in [0.5, 0.6) is 0 Å². The number of hydrogen-bond donors (Lipinski definition) is 2. The van der Waals surface area contributed by atoms with Gasteiger partial charge in [-0.2, -0.15) is 0 Å². The molecule has 5 nitrogen and oxygen atoms in total. The minimum absolute atomic E-state index is 0.155. The van der Waals surface area contributed by atoms with E-state index in [1.807, 2.05) is 0 Å². The number of halogens is 2. The van der Waals surface area contributed by atoms with Crippen LogP contribution in [0.4, 0.5) is 8.78 Å². The van der Waals surface area contributed by atoms with Crippen LogP contribution in [-0.4, -0.2) is 28.2 Å². The molecule has 0 bridgehead atoms. The fourth-order valence-corrected chi connectivity index (χ4v) is 3.10. The van der Waals surface area contributed by atoms with Crippen LogP contribution < -0.4 is 10.5 Å². The number of sulfonamides is 1. The summed E-state index contributed by atoms with van der Waals surface area (Å²) < 4.78 is 58.7. The van der Waals surface area contributed by atoms with Gasteiger partial charge in [0.15, 0.2) is 5.82 Å². The van der Waals surface area contributed by atoms with E-state index in [-0.39, 0.29) is 6.61 Å². The number of rotatable bonds is 7. The van der Waals surface area contributed by atoms with Crippen LogP contribution in [0.2, 0.25) is 0 Å². The average Bonchev–Trinajstić information content (AvgIpc) is 2.38. The van der Waals surface area contributed by atoms with Crippen molar-refractivity contribution in [2.45, 2.75) is 30.8 Å². The van der Waals surface area contributed by atoms with Gasteiger partial charge in [0.2, 0.25) is 10.0 Å². The quantitative estimate of drug-likeness (QED) is 0.791. The third-order valence-electron chi connectivity index (χ3n) is 2.83. The Labute approximate surface area is 117 Å². The van der Waals surface area contributed by atoms with Gasteiger partial charge >= 0.3 is 0 Å². The summed E-state index contributed by atoms with van der Waals surface area (Å²) in [6.45, 7) is 1.50. The van der Waals surface area contributed by atoms with Crippen molar-refractivity contribution in [1.82, 2.24) is 4.72 Å². The van der Waals surface area contributed by atoms with Crippen molar-refractivity contribution in [1.29, 1.82) is 0 Å². The van der Waals surface area contributed by atoms with Gasteiger partial charge in [0.1, 0.15) is 10.7 Å². The van der Waals surface area contributed by atoms with E-state index >= 15 is 0 Å². The monoisotopic (exact) mass is 308 g/mol. The Bertz CT molecular complexity index is 564. The van der Waals surface area contributed by atoms with Crippen LogP contribution in [0.15, 0.2) is 17.0 Å². The average molecular weight is 308 g/mol. The molecule has 1 aromatic carbocycles. The van der Waals surface area contributed by atoms with Gasteiger partial charge in [0, 0.05) is 25.3 Å². The van der Waals surface area contributed by atoms with Gasteiger partial charge in [-0.3, -0.25) is 0 Å². The van der Waals surface area contributed by atoms with Crippen molar-refractivity contribution < 1.29 is 21.9 Å². The van der Waals surface area contributed by atoms with Crippen LogP contribution >= 0.6 is 0 Å². The first kappa shape index (κ1) is 17.0. The molecule has 0 heterocycles. The maximum Gasteiger partial charge on any atom is 0.243 e. The fraction of sp³-hybridized carbons (Fsp3) is 0.500. The van der Waals surface area contributed by atoms with Crippen molar-refractivity contribution in [3.05, 3.63) is 29.3 Å². The molecule has 0 aliphatic rings. The minimum atomic E-state index is -4.10. The summed E-state index contributed by atoms with van der Waals surface area (Å²) in [4.78, 5) is -0.617. The summed E-state index contributed by atoms with van der Waals surface area (Å²) in [7, 11) is -2.67. The highest BCUT2D eigenvalue weighted by Gasteiger charge is 2.25. The summed E-state index contributed by atoms with van der Waals surface area (Å²) in [5.74, 6) is -2.03. The predicted octanol–water partition coefficient (Wildman–Crippen LogP) is 1.13. The van der Waals surface area contributed by atoms with Gasteiger partial charge in [-0.25, -0.2) is 21.9 Å². The Hall–Kier alpha value is -1.09. The summed E-state index contributed by atoms with van der Waals surface area (Å²) in [6, 6.07) is 1.28. The molecule has 0 fully saturated rings. The van der Waals surface area contributed by atoms with E-state index in [0.717, 1.165) is 12.1 Å². The van der Waals surface area contributed by atoms with Crippen molar-refractivity contribution in [3.8, 4) is 0 Å². The highest BCUT2D eigenvalue weighted by molar-refractivity contribution is 7.89. The van der Waals surface area contributed by atoms with Crippen molar-refractivity contribution in [2.24, 2.45) is 5.73 Å². The summed E-state index contributed by atoms with van der Waals surface area (Å²) in [5, 5.41) is 0. The molecule has 0 saturated heterocycles. The number of benzene rings is 1. The first-order valence-corrected chi connectivity index (χ1v) is 7.53. The summed E-state index contributed by atoms with van der Waals surface area (Å²) >= 11 is 0. The van der Waals surface area contributed by atoms with E-state index in [0.29, 0.717) is 6.42 Å². The number of hydrogen-bond acceptors (Lipinski definition) is 4. The van der Waals surface area contributed by atoms with Crippen LogP contribution in [0.25, 0.3) is 0 Å². The Morgan fingerprint density at radius 1 is 1.40 bits per heavy atom. The lowest BCUT2D eigenvalue weighted by Gasteiger charge is -2.17. The van der Waals surface area contributed by atoms with E-state index in [9.17, 15) is 17.2 Å². The molecule has 0 aliphatic carbocycles. The van der Waals surface area contributed by atoms with Crippen LogP contribution in [0, 0.1) is 11.6 Å². The van der Waals surface area contributed by atoms with E-state index in [2.05, 4.69) is 4.72 Å². The highest BCUT2D eigenvalue weighted by atomic mass is 32.2. The van der Waals surface area contributed by atoms with Gasteiger partial charge in [0.25, 0.3) is 0 Å². The van der Waals surface area contributed by atoms with Crippen LogP contribution in [0.3, 0.4) is 0 Å². The lowest BCUT2D eigenvalue weighted by molar-refractivity contribution is 0.173. The maximum absolute atomic E-state index is 14.0. The maximum atomic E-state index is 14.0. The van der Waals surface area contributed by atoms with Gasteiger partial charge < -0.3 is 10.5 Å². The summed E-state index contributed by atoms with van der Waals surface area (Å²) in [5.41, 5.74) is 4.77. The van der Waals surface area contributed by atoms with E-state index in [1.54, 1.807) is 6.92 Å². The van der Waals surface area contributed by atoms with Crippen molar-refractivity contribution >= 4 is 10.0 Å². The molecular formula is C12H18F2N2O3S. The lowest BCUT2D eigenvalue weighted by atomic mass is 10.2. The number of nitrogens with one attached hydrogen (secondary N) is 1. The zero-order chi connectivity index (χ0) is 15.3. The second kappa shape index (κ2) is 7.07. The highest BCUT2D eigenvalue weighted by Crippen LogP contribution is 2.21. The molecule has 0 saturated carbocycles. The number of methoxy groups -OCH3 is 1. The van der Waals surface area contributed by atoms with Crippen molar-refractivity contribution in [3.63, 3.8) is 0 Å². The molecular weight excluding hydrogens is 290 g/mol.